The van der Waals surface area contributed by atoms with Gasteiger partial charge < -0.3 is 5.32 Å². The number of rotatable bonds is 4. The van der Waals surface area contributed by atoms with Crippen LogP contribution in [0.25, 0.3) is 6.08 Å². The number of carbonyl (C=O) groups excluding carboxylic acids is 2. The fourth-order valence-electron chi connectivity index (χ4n) is 1.62. The van der Waals surface area contributed by atoms with E-state index in [1.54, 1.807) is 30.3 Å². The van der Waals surface area contributed by atoms with Gasteiger partial charge in [-0.05, 0) is 23.8 Å². The summed E-state index contributed by atoms with van der Waals surface area (Å²) >= 11 is 0. The van der Waals surface area contributed by atoms with Crippen LogP contribution in [0.3, 0.4) is 0 Å². The molecule has 3 nitrogen and oxygen atoms in total. The van der Waals surface area contributed by atoms with Crippen LogP contribution in [0.15, 0.2) is 66.4 Å². The summed E-state index contributed by atoms with van der Waals surface area (Å²) in [4.78, 5) is 22.9. The maximum Gasteiger partial charge on any atom is 0.255 e. The molecule has 1 amide bonds. The highest BCUT2D eigenvalue weighted by Gasteiger charge is 2.06. The Morgan fingerprint density at radius 1 is 0.895 bits per heavy atom. The molecule has 0 radical (unpaired) electrons. The number of allylic oxidation sites excluding steroid dienone is 1. The lowest BCUT2D eigenvalue weighted by molar-refractivity contribution is -0.105. The first-order valence-corrected chi connectivity index (χ1v) is 5.88. The standard InChI is InChI=1S/C16H13NO2/c18-12-15(11-13-7-3-1-4-8-13)17-16(19)14-9-5-2-6-10-14/h1-12H,(H,17,19). The molecule has 0 saturated carbocycles. The molecular formula is C16H13NO2. The molecule has 2 rings (SSSR count). The molecule has 0 heterocycles. The largest absolute Gasteiger partial charge is 0.319 e. The highest BCUT2D eigenvalue weighted by molar-refractivity contribution is 5.99. The maximum atomic E-state index is 11.9. The smallest absolute Gasteiger partial charge is 0.255 e. The molecule has 0 fully saturated rings. The predicted molar refractivity (Wildman–Crippen MR) is 74.4 cm³/mol. The van der Waals surface area contributed by atoms with Crippen LogP contribution in [-0.4, -0.2) is 12.2 Å². The molecule has 94 valence electrons. The topological polar surface area (TPSA) is 46.2 Å². The molecule has 0 bridgehead atoms. The molecule has 0 spiro atoms. The van der Waals surface area contributed by atoms with E-state index in [1.807, 2.05) is 36.4 Å². The van der Waals surface area contributed by atoms with Crippen LogP contribution in [-0.2, 0) is 4.79 Å². The van der Waals surface area contributed by atoms with Crippen molar-refractivity contribution in [1.82, 2.24) is 5.32 Å². The minimum absolute atomic E-state index is 0.236. The number of hydrogen-bond acceptors (Lipinski definition) is 2. The third-order valence-corrected chi connectivity index (χ3v) is 2.54. The first-order chi connectivity index (χ1) is 9.29. The second kappa shape index (κ2) is 6.31. The van der Waals surface area contributed by atoms with Crippen molar-refractivity contribution in [2.75, 3.05) is 0 Å². The van der Waals surface area contributed by atoms with Crippen LogP contribution in [0.4, 0.5) is 0 Å². The molecule has 3 heteroatoms. The molecule has 1 N–H and O–H groups in total. The molecule has 0 aliphatic carbocycles. The Bertz CT molecular complexity index is 589. The van der Waals surface area contributed by atoms with E-state index < -0.39 is 0 Å². The summed E-state index contributed by atoms with van der Waals surface area (Å²) in [5.41, 5.74) is 1.61. The Balaban J connectivity index is 2.14. The van der Waals surface area contributed by atoms with E-state index in [9.17, 15) is 9.59 Å². The summed E-state index contributed by atoms with van der Waals surface area (Å²) in [7, 11) is 0. The van der Waals surface area contributed by atoms with Gasteiger partial charge in [-0.15, -0.1) is 0 Å². The lowest BCUT2D eigenvalue weighted by atomic mass is 10.2. The number of hydrogen-bond donors (Lipinski definition) is 1. The number of benzene rings is 2. The van der Waals surface area contributed by atoms with E-state index in [-0.39, 0.29) is 11.6 Å². The average molecular weight is 251 g/mol. The summed E-state index contributed by atoms with van der Waals surface area (Å²) in [5, 5.41) is 2.59. The molecule has 0 atom stereocenters. The first-order valence-electron chi connectivity index (χ1n) is 5.88. The Morgan fingerprint density at radius 2 is 1.47 bits per heavy atom. The highest BCUT2D eigenvalue weighted by Crippen LogP contribution is 2.05. The molecule has 0 aliphatic heterocycles. The minimum atomic E-state index is -0.296. The zero-order valence-corrected chi connectivity index (χ0v) is 10.2. The number of nitrogens with one attached hydrogen (secondary N) is 1. The lowest BCUT2D eigenvalue weighted by Crippen LogP contribution is -2.23. The first kappa shape index (κ1) is 12.8. The summed E-state index contributed by atoms with van der Waals surface area (Å²) < 4.78 is 0. The third kappa shape index (κ3) is 3.64. The van der Waals surface area contributed by atoms with Gasteiger partial charge in [-0.1, -0.05) is 48.5 Å². The average Bonchev–Trinajstić information content (AvgIpc) is 2.48. The van der Waals surface area contributed by atoms with Crippen LogP contribution < -0.4 is 5.32 Å². The SMILES string of the molecule is O=CC(=Cc1ccccc1)NC(=O)c1ccccc1. The van der Waals surface area contributed by atoms with Gasteiger partial charge in [0.25, 0.3) is 5.91 Å². The molecule has 2 aromatic rings. The van der Waals surface area contributed by atoms with Crippen LogP contribution in [0.1, 0.15) is 15.9 Å². The van der Waals surface area contributed by atoms with Crippen LogP contribution in [0.5, 0.6) is 0 Å². The number of carbonyl (C=O) groups is 2. The van der Waals surface area contributed by atoms with Crippen molar-refractivity contribution in [2.24, 2.45) is 0 Å². The zero-order valence-electron chi connectivity index (χ0n) is 10.2. The fraction of sp³-hybridized carbons (Fsp3) is 0. The quantitative estimate of drug-likeness (QED) is 0.670. The van der Waals surface area contributed by atoms with E-state index in [1.165, 1.54) is 0 Å². The molecule has 2 aromatic carbocycles. The van der Waals surface area contributed by atoms with Crippen LogP contribution in [0.2, 0.25) is 0 Å². The Morgan fingerprint density at radius 3 is 2.05 bits per heavy atom. The van der Waals surface area contributed by atoms with Crippen LogP contribution >= 0.6 is 0 Å². The fourth-order valence-corrected chi connectivity index (χ4v) is 1.62. The molecular weight excluding hydrogens is 238 g/mol. The summed E-state index contributed by atoms with van der Waals surface area (Å²) in [5.74, 6) is -0.296. The van der Waals surface area contributed by atoms with Gasteiger partial charge in [0.15, 0.2) is 6.29 Å². The van der Waals surface area contributed by atoms with Gasteiger partial charge in [0.1, 0.15) is 0 Å². The lowest BCUT2D eigenvalue weighted by Gasteiger charge is -2.04. The summed E-state index contributed by atoms with van der Waals surface area (Å²) in [6.07, 6.45) is 2.27. The molecule has 0 aliphatic rings. The van der Waals surface area contributed by atoms with E-state index in [2.05, 4.69) is 5.32 Å². The monoisotopic (exact) mass is 251 g/mol. The van der Waals surface area contributed by atoms with E-state index in [0.717, 1.165) is 5.56 Å². The highest BCUT2D eigenvalue weighted by atomic mass is 16.2. The van der Waals surface area contributed by atoms with Crippen molar-refractivity contribution >= 4 is 18.3 Å². The molecule has 0 unspecified atom stereocenters. The van der Waals surface area contributed by atoms with Crippen molar-refractivity contribution in [3.05, 3.63) is 77.5 Å². The molecule has 19 heavy (non-hydrogen) atoms. The van der Waals surface area contributed by atoms with Gasteiger partial charge in [0, 0.05) is 5.56 Å². The van der Waals surface area contributed by atoms with Crippen molar-refractivity contribution < 1.29 is 9.59 Å². The minimum Gasteiger partial charge on any atom is -0.319 e. The summed E-state index contributed by atoms with van der Waals surface area (Å²) in [6, 6.07) is 18.1. The maximum absolute atomic E-state index is 11.9. The van der Waals surface area contributed by atoms with E-state index in [4.69, 9.17) is 0 Å². The molecule has 0 aromatic heterocycles. The third-order valence-electron chi connectivity index (χ3n) is 2.54. The predicted octanol–water partition coefficient (Wildman–Crippen LogP) is 2.66. The van der Waals surface area contributed by atoms with Crippen molar-refractivity contribution in [1.29, 1.82) is 0 Å². The van der Waals surface area contributed by atoms with Gasteiger partial charge >= 0.3 is 0 Å². The van der Waals surface area contributed by atoms with E-state index in [0.29, 0.717) is 11.8 Å². The molecule has 0 saturated heterocycles. The summed E-state index contributed by atoms with van der Waals surface area (Å²) in [6.45, 7) is 0. The Kier molecular flexibility index (Phi) is 4.24. The van der Waals surface area contributed by atoms with Gasteiger partial charge in [-0.3, -0.25) is 9.59 Å². The van der Waals surface area contributed by atoms with Gasteiger partial charge in [-0.25, -0.2) is 0 Å². The number of aldehydes is 1. The number of amides is 1. The normalized spacial score (nSPS) is 10.8. The van der Waals surface area contributed by atoms with Gasteiger partial charge in [-0.2, -0.15) is 0 Å². The zero-order chi connectivity index (χ0) is 13.5. The van der Waals surface area contributed by atoms with Crippen molar-refractivity contribution in [3.8, 4) is 0 Å². The van der Waals surface area contributed by atoms with Gasteiger partial charge in [0.2, 0.25) is 0 Å². The van der Waals surface area contributed by atoms with Crippen molar-refractivity contribution in [3.63, 3.8) is 0 Å². The van der Waals surface area contributed by atoms with E-state index >= 15 is 0 Å². The second-order valence-electron chi connectivity index (χ2n) is 3.95. The Hall–Kier alpha value is -2.68. The van der Waals surface area contributed by atoms with Gasteiger partial charge in [0.05, 0.1) is 5.70 Å². The van der Waals surface area contributed by atoms with Crippen molar-refractivity contribution in [2.45, 2.75) is 0 Å². The Labute approximate surface area is 111 Å². The van der Waals surface area contributed by atoms with Crippen LogP contribution in [0, 0.1) is 0 Å². The second-order valence-corrected chi connectivity index (χ2v) is 3.95.